The van der Waals surface area contributed by atoms with Crippen molar-refractivity contribution in [3.8, 4) is 11.3 Å². The van der Waals surface area contributed by atoms with Crippen molar-refractivity contribution in [3.63, 3.8) is 0 Å². The molecule has 0 radical (unpaired) electrons. The standard InChI is InChI=1S/C16H21N3/c1-11-8-12(16(2,3)4)6-7-13(11)14-9-15(17-5)19-10-18-14/h6-10H,1-5H3,(H,17,18,19). The monoisotopic (exact) mass is 255 g/mol. The summed E-state index contributed by atoms with van der Waals surface area (Å²) in [6.07, 6.45) is 1.60. The van der Waals surface area contributed by atoms with E-state index >= 15 is 0 Å². The predicted octanol–water partition coefficient (Wildman–Crippen LogP) is 3.79. The smallest absolute Gasteiger partial charge is 0.129 e. The highest BCUT2D eigenvalue weighted by molar-refractivity contribution is 5.66. The lowest BCUT2D eigenvalue weighted by Crippen LogP contribution is -2.11. The zero-order valence-electron chi connectivity index (χ0n) is 12.3. The zero-order valence-corrected chi connectivity index (χ0v) is 12.3. The highest BCUT2D eigenvalue weighted by Gasteiger charge is 2.15. The molecule has 0 unspecified atom stereocenters. The van der Waals surface area contributed by atoms with Crippen molar-refractivity contribution in [2.45, 2.75) is 33.1 Å². The maximum atomic E-state index is 4.36. The van der Waals surface area contributed by atoms with Crippen LogP contribution in [0.15, 0.2) is 30.6 Å². The summed E-state index contributed by atoms with van der Waals surface area (Å²) >= 11 is 0. The van der Waals surface area contributed by atoms with Gasteiger partial charge in [0.05, 0.1) is 5.69 Å². The second-order valence-corrected chi connectivity index (χ2v) is 5.82. The van der Waals surface area contributed by atoms with E-state index in [-0.39, 0.29) is 5.41 Å². The summed E-state index contributed by atoms with van der Waals surface area (Å²) < 4.78 is 0. The summed E-state index contributed by atoms with van der Waals surface area (Å²) in [5.74, 6) is 0.837. The van der Waals surface area contributed by atoms with Crippen LogP contribution in [0, 0.1) is 6.92 Å². The van der Waals surface area contributed by atoms with E-state index in [9.17, 15) is 0 Å². The normalized spacial score (nSPS) is 11.4. The predicted molar refractivity (Wildman–Crippen MR) is 80.5 cm³/mol. The molecule has 0 saturated carbocycles. The molecule has 0 aliphatic rings. The Morgan fingerprint density at radius 3 is 2.37 bits per heavy atom. The van der Waals surface area contributed by atoms with E-state index < -0.39 is 0 Å². The molecule has 1 aromatic heterocycles. The molecule has 0 fully saturated rings. The Bertz CT molecular complexity index is 583. The number of aryl methyl sites for hydroxylation is 1. The highest BCUT2D eigenvalue weighted by atomic mass is 15.0. The van der Waals surface area contributed by atoms with E-state index in [0.29, 0.717) is 0 Å². The average molecular weight is 255 g/mol. The molecular formula is C16H21N3. The van der Waals surface area contributed by atoms with Gasteiger partial charge in [-0.3, -0.25) is 0 Å². The first kappa shape index (κ1) is 13.5. The molecule has 0 aliphatic heterocycles. The summed E-state index contributed by atoms with van der Waals surface area (Å²) in [6.45, 7) is 8.81. The number of nitrogens with one attached hydrogen (secondary N) is 1. The highest BCUT2D eigenvalue weighted by Crippen LogP contribution is 2.28. The van der Waals surface area contributed by atoms with Gasteiger partial charge >= 0.3 is 0 Å². The van der Waals surface area contributed by atoms with Crippen molar-refractivity contribution in [2.24, 2.45) is 0 Å². The van der Waals surface area contributed by atoms with E-state index in [2.05, 4.69) is 61.2 Å². The molecule has 0 spiro atoms. The van der Waals surface area contributed by atoms with Gasteiger partial charge in [-0.2, -0.15) is 0 Å². The van der Waals surface area contributed by atoms with E-state index in [1.165, 1.54) is 11.1 Å². The average Bonchev–Trinajstić information content (AvgIpc) is 2.37. The van der Waals surface area contributed by atoms with Crippen LogP contribution in [0.5, 0.6) is 0 Å². The minimum Gasteiger partial charge on any atom is -0.373 e. The molecular weight excluding hydrogens is 234 g/mol. The lowest BCUT2D eigenvalue weighted by Gasteiger charge is -2.20. The van der Waals surface area contributed by atoms with Gasteiger partial charge in [0.2, 0.25) is 0 Å². The molecule has 3 heteroatoms. The summed E-state index contributed by atoms with van der Waals surface area (Å²) in [5, 5.41) is 3.04. The summed E-state index contributed by atoms with van der Waals surface area (Å²) in [6, 6.07) is 8.55. The Hall–Kier alpha value is -1.90. The summed E-state index contributed by atoms with van der Waals surface area (Å²) in [7, 11) is 1.86. The van der Waals surface area contributed by atoms with Crippen LogP contribution in [0.25, 0.3) is 11.3 Å². The molecule has 1 N–H and O–H groups in total. The fraction of sp³-hybridized carbons (Fsp3) is 0.375. The molecule has 19 heavy (non-hydrogen) atoms. The van der Waals surface area contributed by atoms with Gasteiger partial charge in [-0.15, -0.1) is 0 Å². The van der Waals surface area contributed by atoms with Crippen molar-refractivity contribution >= 4 is 5.82 Å². The summed E-state index contributed by atoms with van der Waals surface area (Å²) in [5.41, 5.74) is 4.87. The van der Waals surface area contributed by atoms with E-state index in [1.54, 1.807) is 6.33 Å². The van der Waals surface area contributed by atoms with E-state index in [4.69, 9.17) is 0 Å². The van der Waals surface area contributed by atoms with Crippen LogP contribution >= 0.6 is 0 Å². The van der Waals surface area contributed by atoms with Crippen LogP contribution in [-0.2, 0) is 5.41 Å². The molecule has 1 aromatic carbocycles. The first-order valence-corrected chi connectivity index (χ1v) is 6.53. The van der Waals surface area contributed by atoms with Crippen LogP contribution < -0.4 is 5.32 Å². The van der Waals surface area contributed by atoms with E-state index in [0.717, 1.165) is 17.1 Å². The van der Waals surface area contributed by atoms with Gasteiger partial charge < -0.3 is 5.32 Å². The van der Waals surface area contributed by atoms with Gasteiger partial charge in [-0.1, -0.05) is 39.0 Å². The second-order valence-electron chi connectivity index (χ2n) is 5.82. The number of benzene rings is 1. The number of hydrogen-bond donors (Lipinski definition) is 1. The summed E-state index contributed by atoms with van der Waals surface area (Å²) in [4.78, 5) is 8.51. The van der Waals surface area contributed by atoms with Crippen molar-refractivity contribution in [3.05, 3.63) is 41.7 Å². The fourth-order valence-electron chi connectivity index (χ4n) is 2.06. The molecule has 3 nitrogen and oxygen atoms in total. The molecule has 2 aromatic rings. The Morgan fingerprint density at radius 1 is 1.05 bits per heavy atom. The number of nitrogens with zero attached hydrogens (tertiary/aromatic N) is 2. The second kappa shape index (κ2) is 5.00. The lowest BCUT2D eigenvalue weighted by molar-refractivity contribution is 0.590. The molecule has 1 heterocycles. The van der Waals surface area contributed by atoms with Crippen molar-refractivity contribution in [2.75, 3.05) is 12.4 Å². The maximum absolute atomic E-state index is 4.36. The van der Waals surface area contributed by atoms with E-state index in [1.807, 2.05) is 13.1 Å². The Morgan fingerprint density at radius 2 is 1.79 bits per heavy atom. The van der Waals surface area contributed by atoms with Crippen molar-refractivity contribution < 1.29 is 0 Å². The third-order valence-corrected chi connectivity index (χ3v) is 3.29. The Labute approximate surface area is 115 Å². The zero-order chi connectivity index (χ0) is 14.0. The Kier molecular flexibility index (Phi) is 3.56. The van der Waals surface area contributed by atoms with Gasteiger partial charge in [-0.05, 0) is 23.5 Å². The number of hydrogen-bond acceptors (Lipinski definition) is 3. The number of anilines is 1. The van der Waals surface area contributed by atoms with Crippen molar-refractivity contribution in [1.29, 1.82) is 0 Å². The minimum absolute atomic E-state index is 0.172. The number of rotatable bonds is 2. The van der Waals surface area contributed by atoms with Gasteiger partial charge in [0.1, 0.15) is 12.1 Å². The van der Waals surface area contributed by atoms with Crippen LogP contribution in [-0.4, -0.2) is 17.0 Å². The van der Waals surface area contributed by atoms with Crippen LogP contribution in [0.3, 0.4) is 0 Å². The molecule has 0 aliphatic carbocycles. The first-order chi connectivity index (χ1) is 8.91. The molecule has 0 saturated heterocycles. The quantitative estimate of drug-likeness (QED) is 0.887. The largest absolute Gasteiger partial charge is 0.373 e. The molecule has 0 amide bonds. The first-order valence-electron chi connectivity index (χ1n) is 6.53. The third-order valence-electron chi connectivity index (χ3n) is 3.29. The molecule has 0 atom stereocenters. The number of aromatic nitrogens is 2. The maximum Gasteiger partial charge on any atom is 0.129 e. The molecule has 0 bridgehead atoms. The van der Waals surface area contributed by atoms with Gasteiger partial charge in [-0.25, -0.2) is 9.97 Å². The Balaban J connectivity index is 2.46. The van der Waals surface area contributed by atoms with Crippen LogP contribution in [0.2, 0.25) is 0 Å². The topological polar surface area (TPSA) is 37.8 Å². The lowest BCUT2D eigenvalue weighted by atomic mass is 9.85. The van der Waals surface area contributed by atoms with Crippen LogP contribution in [0.4, 0.5) is 5.82 Å². The fourth-order valence-corrected chi connectivity index (χ4v) is 2.06. The van der Waals surface area contributed by atoms with Crippen molar-refractivity contribution in [1.82, 2.24) is 9.97 Å². The van der Waals surface area contributed by atoms with Crippen LogP contribution in [0.1, 0.15) is 31.9 Å². The molecule has 100 valence electrons. The molecule has 2 rings (SSSR count). The third kappa shape index (κ3) is 2.92. The SMILES string of the molecule is CNc1cc(-c2ccc(C(C)(C)C)cc2C)ncn1. The van der Waals surface area contributed by atoms with Gasteiger partial charge in [0, 0.05) is 18.7 Å². The minimum atomic E-state index is 0.172. The van der Waals surface area contributed by atoms with Gasteiger partial charge in [0.15, 0.2) is 0 Å². The van der Waals surface area contributed by atoms with Gasteiger partial charge in [0.25, 0.3) is 0 Å².